The van der Waals surface area contributed by atoms with Gasteiger partial charge in [0.25, 0.3) is 5.91 Å². The largest absolute Gasteiger partial charge is 0.462 e. The molecule has 37 heavy (non-hydrogen) atoms. The second-order valence-electron chi connectivity index (χ2n) is 11.0. The van der Waals surface area contributed by atoms with Crippen LogP contribution in [0.4, 0.5) is 0 Å². The summed E-state index contributed by atoms with van der Waals surface area (Å²) in [7, 11) is 0. The average Bonchev–Trinajstić information content (AvgIpc) is 3.68. The standard InChI is InChI=1S/C30H36N2O5/c1-20(33)36-26-10-6-9-24(15-26)30-13-14-32(18-22-11-12-22)19-27(30)28(37-21(2)34)16-25(17-30)31-29(35)23-7-4-3-5-8-23/h3-10,15,22,25,27-28H,11-14,16-19H2,1-2H3,(H,31,35)/t25-,27-,28?,30-/m0/s1. The molecule has 196 valence electrons. The minimum Gasteiger partial charge on any atom is -0.462 e. The molecule has 1 heterocycles. The number of amides is 1. The van der Waals surface area contributed by atoms with Crippen molar-refractivity contribution in [3.8, 4) is 5.75 Å². The molecule has 3 aliphatic rings. The molecule has 4 atom stereocenters. The van der Waals surface area contributed by atoms with Gasteiger partial charge in [0.05, 0.1) is 0 Å². The van der Waals surface area contributed by atoms with Crippen molar-refractivity contribution in [1.82, 2.24) is 10.2 Å². The molecule has 1 aliphatic heterocycles. The van der Waals surface area contributed by atoms with Crippen LogP contribution < -0.4 is 10.1 Å². The molecule has 0 aromatic heterocycles. The molecular formula is C30H36N2O5. The highest BCUT2D eigenvalue weighted by molar-refractivity contribution is 5.94. The van der Waals surface area contributed by atoms with E-state index in [0.29, 0.717) is 17.7 Å². The van der Waals surface area contributed by atoms with E-state index in [1.54, 1.807) is 18.2 Å². The van der Waals surface area contributed by atoms with Gasteiger partial charge in [0.2, 0.25) is 0 Å². The van der Waals surface area contributed by atoms with Gasteiger partial charge in [-0.05, 0) is 68.0 Å². The van der Waals surface area contributed by atoms with Crippen molar-refractivity contribution in [2.45, 2.75) is 63.5 Å². The Bertz CT molecular complexity index is 1150. The lowest BCUT2D eigenvalue weighted by atomic mass is 9.56. The number of rotatable bonds is 7. The van der Waals surface area contributed by atoms with E-state index >= 15 is 0 Å². The van der Waals surface area contributed by atoms with Crippen LogP contribution >= 0.6 is 0 Å². The fraction of sp³-hybridized carbons (Fsp3) is 0.500. The van der Waals surface area contributed by atoms with Crippen molar-refractivity contribution >= 4 is 17.8 Å². The minimum absolute atomic E-state index is 0.0707. The summed E-state index contributed by atoms with van der Waals surface area (Å²) in [4.78, 5) is 39.6. The summed E-state index contributed by atoms with van der Waals surface area (Å²) in [5, 5.41) is 3.24. The first-order valence-electron chi connectivity index (χ1n) is 13.4. The first kappa shape index (κ1) is 25.5. The van der Waals surface area contributed by atoms with Crippen LogP contribution in [0, 0.1) is 11.8 Å². The fourth-order valence-corrected chi connectivity index (χ4v) is 6.44. The molecule has 1 unspecified atom stereocenters. The Morgan fingerprint density at radius 1 is 1.03 bits per heavy atom. The molecule has 1 amide bonds. The highest BCUT2D eigenvalue weighted by Crippen LogP contribution is 2.51. The van der Waals surface area contributed by atoms with Crippen LogP contribution in [-0.2, 0) is 19.7 Å². The van der Waals surface area contributed by atoms with E-state index in [9.17, 15) is 14.4 Å². The highest BCUT2D eigenvalue weighted by atomic mass is 16.5. The highest BCUT2D eigenvalue weighted by Gasteiger charge is 2.54. The Hall–Kier alpha value is -3.19. The zero-order chi connectivity index (χ0) is 26.0. The Morgan fingerprint density at radius 3 is 2.51 bits per heavy atom. The number of hydrogen-bond donors (Lipinski definition) is 1. The maximum atomic E-state index is 13.1. The molecule has 2 aromatic rings. The maximum Gasteiger partial charge on any atom is 0.308 e. The van der Waals surface area contributed by atoms with Gasteiger partial charge in [-0.25, -0.2) is 0 Å². The lowest BCUT2D eigenvalue weighted by Gasteiger charge is -2.55. The third-order valence-electron chi connectivity index (χ3n) is 8.19. The Kier molecular flexibility index (Phi) is 7.33. The van der Waals surface area contributed by atoms with E-state index in [1.807, 2.05) is 30.3 Å². The minimum atomic E-state index is -0.361. The number of likely N-dealkylation sites (tertiary alicyclic amines) is 1. The molecule has 7 heteroatoms. The van der Waals surface area contributed by atoms with Crippen LogP contribution in [0.15, 0.2) is 54.6 Å². The summed E-state index contributed by atoms with van der Waals surface area (Å²) in [5.74, 6) is 0.565. The van der Waals surface area contributed by atoms with Gasteiger partial charge < -0.3 is 19.7 Å². The third kappa shape index (κ3) is 5.87. The van der Waals surface area contributed by atoms with Gasteiger partial charge in [0, 0.05) is 56.3 Å². The van der Waals surface area contributed by atoms with Crippen LogP contribution in [0.1, 0.15) is 61.9 Å². The van der Waals surface area contributed by atoms with E-state index < -0.39 is 0 Å². The van der Waals surface area contributed by atoms with Gasteiger partial charge >= 0.3 is 11.9 Å². The Labute approximate surface area is 218 Å². The Balaban J connectivity index is 1.49. The van der Waals surface area contributed by atoms with Gasteiger partial charge in [-0.15, -0.1) is 0 Å². The van der Waals surface area contributed by atoms with Crippen molar-refractivity contribution in [2.24, 2.45) is 11.8 Å². The topological polar surface area (TPSA) is 84.9 Å². The van der Waals surface area contributed by atoms with E-state index in [0.717, 1.165) is 44.0 Å². The van der Waals surface area contributed by atoms with Gasteiger partial charge in [-0.1, -0.05) is 30.3 Å². The summed E-state index contributed by atoms with van der Waals surface area (Å²) in [6, 6.07) is 16.8. The van der Waals surface area contributed by atoms with Crippen molar-refractivity contribution in [3.63, 3.8) is 0 Å². The third-order valence-corrected chi connectivity index (χ3v) is 8.19. The zero-order valence-corrected chi connectivity index (χ0v) is 21.7. The number of ether oxygens (including phenoxy) is 2. The van der Waals surface area contributed by atoms with Crippen LogP contribution in [0.2, 0.25) is 0 Å². The number of fused-ring (bicyclic) bond motifs is 1. The van der Waals surface area contributed by atoms with Crippen molar-refractivity contribution in [1.29, 1.82) is 0 Å². The summed E-state index contributed by atoms with van der Waals surface area (Å²) >= 11 is 0. The SMILES string of the molecule is CC(=O)Oc1cccc([C@@]23CCN(CC4CC4)C[C@H]2C(OC(C)=O)C[C@H](NC(=O)c2ccccc2)C3)c1. The summed E-state index contributed by atoms with van der Waals surface area (Å²) in [5.41, 5.74) is 1.35. The van der Waals surface area contributed by atoms with Crippen LogP contribution in [-0.4, -0.2) is 54.5 Å². The van der Waals surface area contributed by atoms with E-state index in [-0.39, 0.29) is 41.3 Å². The molecule has 3 fully saturated rings. The lowest BCUT2D eigenvalue weighted by molar-refractivity contribution is -0.157. The summed E-state index contributed by atoms with van der Waals surface area (Å²) < 4.78 is 11.4. The number of piperidine rings is 1. The van der Waals surface area contributed by atoms with Crippen molar-refractivity contribution in [3.05, 3.63) is 65.7 Å². The fourth-order valence-electron chi connectivity index (χ4n) is 6.44. The second kappa shape index (κ2) is 10.7. The molecule has 0 bridgehead atoms. The monoisotopic (exact) mass is 504 g/mol. The average molecular weight is 505 g/mol. The van der Waals surface area contributed by atoms with E-state index in [4.69, 9.17) is 9.47 Å². The normalized spacial score (nSPS) is 27.6. The maximum absolute atomic E-state index is 13.1. The predicted molar refractivity (Wildman–Crippen MR) is 139 cm³/mol. The molecular weight excluding hydrogens is 468 g/mol. The van der Waals surface area contributed by atoms with Crippen LogP contribution in [0.3, 0.4) is 0 Å². The zero-order valence-electron chi connectivity index (χ0n) is 21.7. The van der Waals surface area contributed by atoms with Gasteiger partial charge in [-0.3, -0.25) is 14.4 Å². The molecule has 1 N–H and O–H groups in total. The molecule has 0 radical (unpaired) electrons. The van der Waals surface area contributed by atoms with Gasteiger partial charge in [0.1, 0.15) is 11.9 Å². The number of carbonyl (C=O) groups is 3. The lowest BCUT2D eigenvalue weighted by Crippen LogP contribution is -2.61. The number of nitrogens with one attached hydrogen (secondary N) is 1. The molecule has 2 saturated carbocycles. The quantitative estimate of drug-likeness (QED) is 0.451. The van der Waals surface area contributed by atoms with E-state index in [1.165, 1.54) is 26.7 Å². The summed E-state index contributed by atoms with van der Waals surface area (Å²) in [6.45, 7) is 5.72. The molecule has 2 aliphatic carbocycles. The van der Waals surface area contributed by atoms with Crippen molar-refractivity contribution in [2.75, 3.05) is 19.6 Å². The number of carbonyl (C=O) groups excluding carboxylic acids is 3. The van der Waals surface area contributed by atoms with Crippen LogP contribution in [0.5, 0.6) is 5.75 Å². The molecule has 1 saturated heterocycles. The van der Waals surface area contributed by atoms with E-state index in [2.05, 4.69) is 16.3 Å². The van der Waals surface area contributed by atoms with Crippen molar-refractivity contribution < 1.29 is 23.9 Å². The molecule has 7 nitrogen and oxygen atoms in total. The molecule has 2 aromatic carbocycles. The summed E-state index contributed by atoms with van der Waals surface area (Å²) in [6.07, 6.45) is 4.44. The number of benzene rings is 2. The first-order valence-corrected chi connectivity index (χ1v) is 13.4. The first-order chi connectivity index (χ1) is 17.8. The smallest absolute Gasteiger partial charge is 0.308 e. The molecule has 0 spiro atoms. The van der Waals surface area contributed by atoms with Gasteiger partial charge in [-0.2, -0.15) is 0 Å². The Morgan fingerprint density at radius 2 is 1.81 bits per heavy atom. The van der Waals surface area contributed by atoms with Crippen LogP contribution in [0.25, 0.3) is 0 Å². The predicted octanol–water partition coefficient (Wildman–Crippen LogP) is 4.11. The van der Waals surface area contributed by atoms with Gasteiger partial charge in [0.15, 0.2) is 0 Å². The number of hydrogen-bond acceptors (Lipinski definition) is 6. The number of esters is 2. The molecule has 5 rings (SSSR count). The number of nitrogens with zero attached hydrogens (tertiary/aromatic N) is 1. The second-order valence-corrected chi connectivity index (χ2v) is 11.0.